The molecule has 3 heteroatoms. The fourth-order valence-electron chi connectivity index (χ4n) is 1.47. The molecule has 1 N–H and O–H groups in total. The second-order valence-corrected chi connectivity index (χ2v) is 3.48. The van der Waals surface area contributed by atoms with Crippen LogP contribution in [0.25, 0.3) is 0 Å². The van der Waals surface area contributed by atoms with Gasteiger partial charge in [-0.05, 0) is 12.5 Å². The minimum absolute atomic E-state index is 0.925. The van der Waals surface area contributed by atoms with E-state index >= 15 is 0 Å². The Morgan fingerprint density at radius 3 is 2.86 bits per heavy atom. The normalized spacial score (nSPS) is 19.8. The van der Waals surface area contributed by atoms with E-state index in [0.717, 1.165) is 32.6 Å². The van der Waals surface area contributed by atoms with Gasteiger partial charge in [-0.25, -0.2) is 0 Å². The lowest BCUT2D eigenvalue weighted by Gasteiger charge is -2.26. The van der Waals surface area contributed by atoms with Crippen molar-refractivity contribution in [3.8, 4) is 0 Å². The monoisotopic (exact) mass is 195 g/mol. The van der Waals surface area contributed by atoms with Crippen LogP contribution in [0.15, 0.2) is 17.1 Å². The Kier molecular flexibility index (Phi) is 6.28. The van der Waals surface area contributed by atoms with Crippen LogP contribution in [-0.4, -0.2) is 50.4 Å². The first-order chi connectivity index (χ1) is 6.93. The van der Waals surface area contributed by atoms with E-state index in [1.54, 1.807) is 0 Å². The van der Waals surface area contributed by atoms with Gasteiger partial charge in [0.05, 0.1) is 6.54 Å². The maximum Gasteiger partial charge on any atom is 0.0516 e. The highest BCUT2D eigenvalue weighted by Crippen LogP contribution is 1.90. The Bertz CT molecular complexity index is 181. The maximum absolute atomic E-state index is 4.33. The predicted octanol–water partition coefficient (Wildman–Crippen LogP) is 0.929. The second-order valence-electron chi connectivity index (χ2n) is 3.48. The van der Waals surface area contributed by atoms with Crippen LogP contribution in [0, 0.1) is 0 Å². The van der Waals surface area contributed by atoms with Gasteiger partial charge >= 0.3 is 0 Å². The molecular weight excluding hydrogens is 174 g/mol. The first kappa shape index (κ1) is 11.4. The zero-order chi connectivity index (χ0) is 10.1. The van der Waals surface area contributed by atoms with Gasteiger partial charge in [-0.15, -0.1) is 0 Å². The van der Waals surface area contributed by atoms with Crippen molar-refractivity contribution < 1.29 is 0 Å². The number of nitrogens with zero attached hydrogens (tertiary/aromatic N) is 2. The zero-order valence-electron chi connectivity index (χ0n) is 9.08. The summed E-state index contributed by atoms with van der Waals surface area (Å²) in [5, 5.41) is 3.34. The predicted molar refractivity (Wildman–Crippen MR) is 62.1 cm³/mol. The van der Waals surface area contributed by atoms with Crippen LogP contribution in [0.4, 0.5) is 0 Å². The van der Waals surface area contributed by atoms with Crippen LogP contribution in [0.3, 0.4) is 0 Å². The lowest BCUT2D eigenvalue weighted by atomic mass is 10.3. The molecule has 0 aliphatic carbocycles. The third-order valence-electron chi connectivity index (χ3n) is 2.32. The summed E-state index contributed by atoms with van der Waals surface area (Å²) in [5.41, 5.74) is 0. The van der Waals surface area contributed by atoms with Crippen molar-refractivity contribution in [3.05, 3.63) is 12.2 Å². The molecule has 0 aromatic rings. The molecule has 80 valence electrons. The average Bonchev–Trinajstić information content (AvgIpc) is 2.25. The van der Waals surface area contributed by atoms with Gasteiger partial charge in [0.15, 0.2) is 0 Å². The fourth-order valence-corrected chi connectivity index (χ4v) is 1.47. The highest BCUT2D eigenvalue weighted by atomic mass is 15.2. The standard InChI is InChI=1S/C11H21N3/c1-2-3-4-5-12-6-9-14-10-7-13-8-11-14/h3-5,13H,2,6-11H2,1H3/b4-3-,12-5?. The van der Waals surface area contributed by atoms with Crippen molar-refractivity contribution in [3.63, 3.8) is 0 Å². The summed E-state index contributed by atoms with van der Waals surface area (Å²) in [4.78, 5) is 6.78. The Morgan fingerprint density at radius 1 is 1.36 bits per heavy atom. The number of rotatable bonds is 5. The lowest BCUT2D eigenvalue weighted by Crippen LogP contribution is -2.44. The molecule has 0 bridgehead atoms. The molecule has 0 aromatic heterocycles. The van der Waals surface area contributed by atoms with Gasteiger partial charge in [0.25, 0.3) is 0 Å². The number of allylic oxidation sites excluding steroid dienone is 2. The van der Waals surface area contributed by atoms with E-state index in [-0.39, 0.29) is 0 Å². The van der Waals surface area contributed by atoms with E-state index in [1.807, 2.05) is 12.3 Å². The molecule has 1 heterocycles. The molecule has 0 unspecified atom stereocenters. The summed E-state index contributed by atoms with van der Waals surface area (Å²) in [6.07, 6.45) is 7.14. The van der Waals surface area contributed by atoms with Crippen molar-refractivity contribution >= 4 is 6.21 Å². The van der Waals surface area contributed by atoms with Crippen LogP contribution < -0.4 is 5.32 Å². The quantitative estimate of drug-likeness (QED) is 0.661. The maximum atomic E-state index is 4.33. The largest absolute Gasteiger partial charge is 0.314 e. The van der Waals surface area contributed by atoms with Gasteiger partial charge in [-0.3, -0.25) is 9.89 Å². The minimum atomic E-state index is 0.925. The van der Waals surface area contributed by atoms with Gasteiger partial charge < -0.3 is 5.32 Å². The van der Waals surface area contributed by atoms with Crippen LogP contribution in [0.1, 0.15) is 13.3 Å². The molecule has 1 aliphatic heterocycles. The number of nitrogens with one attached hydrogen (secondary N) is 1. The summed E-state index contributed by atoms with van der Waals surface area (Å²) < 4.78 is 0. The highest BCUT2D eigenvalue weighted by molar-refractivity contribution is 5.70. The zero-order valence-corrected chi connectivity index (χ0v) is 9.08. The SMILES string of the molecule is CC/C=C\C=NCCN1CCNCC1. The van der Waals surface area contributed by atoms with Crippen LogP contribution >= 0.6 is 0 Å². The van der Waals surface area contributed by atoms with E-state index < -0.39 is 0 Å². The molecule has 0 radical (unpaired) electrons. The van der Waals surface area contributed by atoms with E-state index in [4.69, 9.17) is 0 Å². The third-order valence-corrected chi connectivity index (χ3v) is 2.32. The molecule has 1 aliphatic rings. The number of hydrogen-bond donors (Lipinski definition) is 1. The molecule has 14 heavy (non-hydrogen) atoms. The molecular formula is C11H21N3. The van der Waals surface area contributed by atoms with Crippen molar-refractivity contribution in [1.29, 1.82) is 0 Å². The van der Waals surface area contributed by atoms with Crippen molar-refractivity contribution in [2.45, 2.75) is 13.3 Å². The molecule has 0 aromatic carbocycles. The summed E-state index contributed by atoms with van der Waals surface area (Å²) in [6.45, 7) is 8.73. The summed E-state index contributed by atoms with van der Waals surface area (Å²) in [7, 11) is 0. The fraction of sp³-hybridized carbons (Fsp3) is 0.727. The van der Waals surface area contributed by atoms with Gasteiger partial charge in [-0.2, -0.15) is 0 Å². The Labute approximate surface area is 86.9 Å². The topological polar surface area (TPSA) is 27.6 Å². The van der Waals surface area contributed by atoms with Gasteiger partial charge in [0.1, 0.15) is 0 Å². The molecule has 1 saturated heterocycles. The molecule has 3 nitrogen and oxygen atoms in total. The first-order valence-corrected chi connectivity index (χ1v) is 5.51. The summed E-state index contributed by atoms with van der Waals surface area (Å²) in [6, 6.07) is 0. The number of hydrogen-bond acceptors (Lipinski definition) is 3. The second kappa shape index (κ2) is 7.71. The molecule has 0 spiro atoms. The lowest BCUT2D eigenvalue weighted by molar-refractivity contribution is 0.248. The van der Waals surface area contributed by atoms with E-state index in [1.165, 1.54) is 13.1 Å². The molecule has 0 atom stereocenters. The van der Waals surface area contributed by atoms with E-state index in [0.29, 0.717) is 0 Å². The van der Waals surface area contributed by atoms with E-state index in [2.05, 4.69) is 28.2 Å². The highest BCUT2D eigenvalue weighted by Gasteiger charge is 2.07. The van der Waals surface area contributed by atoms with Crippen LogP contribution in [0.2, 0.25) is 0 Å². The summed E-state index contributed by atoms with van der Waals surface area (Å²) >= 11 is 0. The third kappa shape index (κ3) is 5.14. The smallest absolute Gasteiger partial charge is 0.0516 e. The van der Waals surface area contributed by atoms with E-state index in [9.17, 15) is 0 Å². The number of aliphatic imine (C=N–C) groups is 1. The molecule has 0 saturated carbocycles. The van der Waals surface area contributed by atoms with Gasteiger partial charge in [0, 0.05) is 38.9 Å². The molecule has 0 amide bonds. The molecule has 1 fully saturated rings. The Hall–Kier alpha value is -0.670. The minimum Gasteiger partial charge on any atom is -0.314 e. The molecule has 1 rings (SSSR count). The van der Waals surface area contributed by atoms with Gasteiger partial charge in [0.2, 0.25) is 0 Å². The van der Waals surface area contributed by atoms with Crippen LogP contribution in [0.5, 0.6) is 0 Å². The Balaban J connectivity index is 2.02. The van der Waals surface area contributed by atoms with Crippen molar-refractivity contribution in [2.75, 3.05) is 39.3 Å². The summed E-state index contributed by atoms with van der Waals surface area (Å²) in [5.74, 6) is 0. The van der Waals surface area contributed by atoms with Gasteiger partial charge in [-0.1, -0.05) is 13.0 Å². The van der Waals surface area contributed by atoms with Crippen LogP contribution in [-0.2, 0) is 0 Å². The van der Waals surface area contributed by atoms with Crippen molar-refractivity contribution in [1.82, 2.24) is 10.2 Å². The Morgan fingerprint density at radius 2 is 2.14 bits per heavy atom. The number of piperazine rings is 1. The average molecular weight is 195 g/mol. The first-order valence-electron chi connectivity index (χ1n) is 5.51. The van der Waals surface area contributed by atoms with Crippen molar-refractivity contribution in [2.24, 2.45) is 4.99 Å².